The molecule has 0 spiro atoms. The Morgan fingerprint density at radius 2 is 1.67 bits per heavy atom. The van der Waals surface area contributed by atoms with E-state index in [1.807, 2.05) is 59.3 Å². The number of hydrogen-bond acceptors (Lipinski definition) is 5. The minimum absolute atomic E-state index is 0.123. The van der Waals surface area contributed by atoms with Gasteiger partial charge in [0.15, 0.2) is 0 Å². The molecule has 0 aliphatic heterocycles. The second kappa shape index (κ2) is 9.40. The van der Waals surface area contributed by atoms with Gasteiger partial charge in [0.05, 0.1) is 28.7 Å². The molecule has 162 valence electrons. The zero-order valence-electron chi connectivity index (χ0n) is 17.9. The van der Waals surface area contributed by atoms with E-state index in [1.165, 1.54) is 0 Å². The molecular formula is C26H22N6O. The van der Waals surface area contributed by atoms with Crippen LogP contribution >= 0.6 is 0 Å². The summed E-state index contributed by atoms with van der Waals surface area (Å²) >= 11 is 0. The average Bonchev–Trinajstić information content (AvgIpc) is 3.40. The molecule has 5 aromatic rings. The highest BCUT2D eigenvalue weighted by atomic mass is 16.1. The highest BCUT2D eigenvalue weighted by molar-refractivity contribution is 5.98. The number of aryl methyl sites for hydroxylation is 1. The van der Waals surface area contributed by atoms with Crippen LogP contribution in [0.2, 0.25) is 0 Å². The first-order valence-electron chi connectivity index (χ1n) is 10.8. The lowest BCUT2D eigenvalue weighted by molar-refractivity contribution is 0.0953. The number of carbonyl (C=O) groups is 1. The fraction of sp³-hybridized carbons (Fsp3) is 0.115. The van der Waals surface area contributed by atoms with E-state index in [0.29, 0.717) is 17.6 Å². The number of hydrogen-bond donors (Lipinski definition) is 1. The van der Waals surface area contributed by atoms with Gasteiger partial charge in [-0.05, 0) is 36.8 Å². The maximum atomic E-state index is 12.7. The van der Waals surface area contributed by atoms with Crippen molar-refractivity contribution in [3.05, 3.63) is 97.3 Å². The van der Waals surface area contributed by atoms with Gasteiger partial charge in [-0.3, -0.25) is 9.78 Å². The number of fused-ring (bicyclic) bond motifs is 1. The minimum atomic E-state index is -0.123. The second-order valence-electron chi connectivity index (χ2n) is 7.64. The van der Waals surface area contributed by atoms with Crippen LogP contribution in [0.1, 0.15) is 16.8 Å². The highest BCUT2D eigenvalue weighted by Gasteiger charge is 2.15. The maximum Gasteiger partial charge on any atom is 0.251 e. The standard InChI is InChI=1S/C26H22N6O/c33-26(29-12-5-14-32-15-13-28-18-32)20-9-10-22-23(16-20)31-24(19-6-2-1-3-7-19)25(30-22)21-8-4-11-27-17-21/h1-4,6-11,13,15-18H,5,12,14H2,(H,29,33). The molecule has 1 N–H and O–H groups in total. The predicted octanol–water partition coefficient (Wildman–Crippen LogP) is 4.38. The van der Waals surface area contributed by atoms with Crippen LogP contribution in [0.3, 0.4) is 0 Å². The molecule has 0 aliphatic carbocycles. The Kier molecular flexibility index (Phi) is 5.84. The summed E-state index contributed by atoms with van der Waals surface area (Å²) in [5.41, 5.74) is 5.34. The first-order valence-corrected chi connectivity index (χ1v) is 10.8. The van der Waals surface area contributed by atoms with E-state index in [2.05, 4.69) is 15.3 Å². The van der Waals surface area contributed by atoms with Crippen molar-refractivity contribution in [2.45, 2.75) is 13.0 Å². The Bertz CT molecular complexity index is 1370. The second-order valence-corrected chi connectivity index (χ2v) is 7.64. The van der Waals surface area contributed by atoms with Gasteiger partial charge < -0.3 is 9.88 Å². The third-order valence-corrected chi connectivity index (χ3v) is 5.35. The number of imidazole rings is 1. The third-order valence-electron chi connectivity index (χ3n) is 5.35. The third kappa shape index (κ3) is 4.62. The summed E-state index contributed by atoms with van der Waals surface area (Å²) in [5, 5.41) is 2.98. The molecule has 0 bridgehead atoms. The number of pyridine rings is 1. The molecule has 3 heterocycles. The molecule has 2 aromatic carbocycles. The molecule has 3 aromatic heterocycles. The van der Waals surface area contributed by atoms with Crippen LogP contribution in [0.25, 0.3) is 33.5 Å². The van der Waals surface area contributed by atoms with Gasteiger partial charge in [-0.15, -0.1) is 0 Å². The van der Waals surface area contributed by atoms with Crippen molar-refractivity contribution in [2.24, 2.45) is 0 Å². The largest absolute Gasteiger partial charge is 0.352 e. The molecule has 0 saturated heterocycles. The number of nitrogens with zero attached hydrogens (tertiary/aromatic N) is 5. The van der Waals surface area contributed by atoms with Gasteiger partial charge in [0.1, 0.15) is 0 Å². The van der Waals surface area contributed by atoms with Crippen molar-refractivity contribution >= 4 is 16.9 Å². The number of carbonyl (C=O) groups excluding carboxylic acids is 1. The fourth-order valence-corrected chi connectivity index (χ4v) is 3.68. The van der Waals surface area contributed by atoms with Gasteiger partial charge in [-0.25, -0.2) is 15.0 Å². The van der Waals surface area contributed by atoms with Gasteiger partial charge in [-0.1, -0.05) is 30.3 Å². The van der Waals surface area contributed by atoms with Crippen molar-refractivity contribution < 1.29 is 4.79 Å². The number of rotatable bonds is 7. The summed E-state index contributed by atoms with van der Waals surface area (Å²) < 4.78 is 1.99. The first kappa shape index (κ1) is 20.5. The Balaban J connectivity index is 1.43. The van der Waals surface area contributed by atoms with E-state index < -0.39 is 0 Å². The molecule has 33 heavy (non-hydrogen) atoms. The Morgan fingerprint density at radius 3 is 2.45 bits per heavy atom. The molecule has 7 heteroatoms. The Labute approximate surface area is 191 Å². The summed E-state index contributed by atoms with van der Waals surface area (Å²) in [6, 6.07) is 19.2. The van der Waals surface area contributed by atoms with Crippen LogP contribution in [0.5, 0.6) is 0 Å². The summed E-state index contributed by atoms with van der Waals surface area (Å²) in [6.07, 6.45) is 9.77. The molecule has 5 rings (SSSR count). The molecule has 0 fully saturated rings. The normalized spacial score (nSPS) is 10.9. The van der Waals surface area contributed by atoms with E-state index in [1.54, 1.807) is 37.1 Å². The van der Waals surface area contributed by atoms with Gasteiger partial charge in [-0.2, -0.15) is 0 Å². The lowest BCUT2D eigenvalue weighted by Crippen LogP contribution is -2.25. The van der Waals surface area contributed by atoms with Gasteiger partial charge in [0, 0.05) is 54.6 Å². The van der Waals surface area contributed by atoms with E-state index >= 15 is 0 Å². The summed E-state index contributed by atoms with van der Waals surface area (Å²) in [7, 11) is 0. The monoisotopic (exact) mass is 434 g/mol. The summed E-state index contributed by atoms with van der Waals surface area (Å²) in [4.78, 5) is 30.8. The molecule has 0 unspecified atom stereocenters. The maximum absolute atomic E-state index is 12.7. The minimum Gasteiger partial charge on any atom is -0.352 e. The summed E-state index contributed by atoms with van der Waals surface area (Å²) in [6.45, 7) is 1.39. The van der Waals surface area contributed by atoms with Crippen molar-refractivity contribution in [3.8, 4) is 22.5 Å². The number of nitrogens with one attached hydrogen (secondary N) is 1. The van der Waals surface area contributed by atoms with Crippen LogP contribution in [0.15, 0.2) is 91.8 Å². The van der Waals surface area contributed by atoms with E-state index in [-0.39, 0.29) is 5.91 Å². The van der Waals surface area contributed by atoms with Gasteiger partial charge >= 0.3 is 0 Å². The van der Waals surface area contributed by atoms with Crippen molar-refractivity contribution in [1.29, 1.82) is 0 Å². The molecule has 7 nitrogen and oxygen atoms in total. The van der Waals surface area contributed by atoms with Crippen molar-refractivity contribution in [2.75, 3.05) is 6.54 Å². The zero-order valence-corrected chi connectivity index (χ0v) is 17.9. The van der Waals surface area contributed by atoms with Gasteiger partial charge in [0.2, 0.25) is 0 Å². The smallest absolute Gasteiger partial charge is 0.251 e. The van der Waals surface area contributed by atoms with Crippen LogP contribution in [0, 0.1) is 0 Å². The van der Waals surface area contributed by atoms with Gasteiger partial charge in [0.25, 0.3) is 5.91 Å². The topological polar surface area (TPSA) is 85.6 Å². The van der Waals surface area contributed by atoms with Crippen molar-refractivity contribution in [1.82, 2.24) is 29.8 Å². The fourth-order valence-electron chi connectivity index (χ4n) is 3.68. The zero-order chi connectivity index (χ0) is 22.5. The van der Waals surface area contributed by atoms with Crippen molar-refractivity contribution in [3.63, 3.8) is 0 Å². The van der Waals surface area contributed by atoms with E-state index in [4.69, 9.17) is 9.97 Å². The number of aromatic nitrogens is 5. The Hall–Kier alpha value is -4.39. The predicted molar refractivity (Wildman–Crippen MR) is 127 cm³/mol. The number of benzene rings is 2. The lowest BCUT2D eigenvalue weighted by atomic mass is 10.0. The molecule has 0 saturated carbocycles. The van der Waals surface area contributed by atoms with E-state index in [0.717, 1.165) is 41.0 Å². The van der Waals surface area contributed by atoms with Crippen LogP contribution in [0.4, 0.5) is 0 Å². The first-order chi connectivity index (χ1) is 16.3. The average molecular weight is 435 g/mol. The Morgan fingerprint density at radius 1 is 0.848 bits per heavy atom. The quantitative estimate of drug-likeness (QED) is 0.384. The van der Waals surface area contributed by atoms with Crippen LogP contribution in [-0.2, 0) is 6.54 Å². The highest BCUT2D eigenvalue weighted by Crippen LogP contribution is 2.30. The molecular weight excluding hydrogens is 412 g/mol. The SMILES string of the molecule is O=C(NCCCn1ccnc1)c1ccc2nc(-c3cccnc3)c(-c3ccccc3)nc2c1. The molecule has 0 radical (unpaired) electrons. The molecule has 1 amide bonds. The number of amides is 1. The lowest BCUT2D eigenvalue weighted by Gasteiger charge is -2.11. The summed E-state index contributed by atoms with van der Waals surface area (Å²) in [5.74, 6) is -0.123. The molecule has 0 aliphatic rings. The van der Waals surface area contributed by atoms with Crippen LogP contribution < -0.4 is 5.32 Å². The van der Waals surface area contributed by atoms with Crippen LogP contribution in [-0.4, -0.2) is 37.0 Å². The molecule has 0 atom stereocenters. The van der Waals surface area contributed by atoms with E-state index in [9.17, 15) is 4.79 Å².